The summed E-state index contributed by atoms with van der Waals surface area (Å²) in [4.78, 5) is 26.7. The van der Waals surface area contributed by atoms with Crippen LogP contribution < -0.4 is 15.4 Å². The van der Waals surface area contributed by atoms with Gasteiger partial charge in [-0.3, -0.25) is 9.59 Å². The molecule has 1 aromatic carbocycles. The van der Waals surface area contributed by atoms with Gasteiger partial charge in [-0.25, -0.2) is 0 Å². The monoisotopic (exact) mass is 335 g/mol. The molecule has 2 amide bonds. The Kier molecular flexibility index (Phi) is 8.26. The average molecular weight is 335 g/mol. The predicted octanol–water partition coefficient (Wildman–Crippen LogP) is 1.52. The molecule has 1 atom stereocenters. The lowest BCUT2D eigenvalue weighted by Gasteiger charge is -2.22. The van der Waals surface area contributed by atoms with E-state index in [-0.39, 0.29) is 17.7 Å². The second-order valence-corrected chi connectivity index (χ2v) is 6.37. The molecule has 0 aliphatic carbocycles. The van der Waals surface area contributed by atoms with E-state index in [9.17, 15) is 9.59 Å². The molecule has 0 spiro atoms. The van der Waals surface area contributed by atoms with Gasteiger partial charge in [0.2, 0.25) is 5.91 Å². The molecule has 0 fully saturated rings. The van der Waals surface area contributed by atoms with Crippen LogP contribution in [0.1, 0.15) is 30.6 Å². The lowest BCUT2D eigenvalue weighted by Crippen LogP contribution is -2.50. The van der Waals surface area contributed by atoms with Crippen molar-refractivity contribution >= 4 is 11.8 Å². The summed E-state index contributed by atoms with van der Waals surface area (Å²) >= 11 is 0. The number of nitrogens with one attached hydrogen (secondary N) is 2. The Morgan fingerprint density at radius 3 is 2.29 bits per heavy atom. The highest BCUT2D eigenvalue weighted by molar-refractivity contribution is 5.97. The van der Waals surface area contributed by atoms with Gasteiger partial charge in [0.15, 0.2) is 0 Å². The van der Waals surface area contributed by atoms with Crippen LogP contribution in [0.15, 0.2) is 24.3 Å². The summed E-state index contributed by atoms with van der Waals surface area (Å²) in [7, 11) is 5.56. The highest BCUT2D eigenvalue weighted by Gasteiger charge is 2.24. The Morgan fingerprint density at radius 1 is 1.17 bits per heavy atom. The van der Waals surface area contributed by atoms with E-state index < -0.39 is 6.04 Å². The van der Waals surface area contributed by atoms with Gasteiger partial charge in [0.25, 0.3) is 5.91 Å². The molecule has 6 heteroatoms. The van der Waals surface area contributed by atoms with Gasteiger partial charge in [-0.15, -0.1) is 0 Å². The molecule has 134 valence electrons. The number of nitrogens with zero attached hydrogens (tertiary/aromatic N) is 1. The standard InChI is InChI=1S/C18H29N3O3/c1-13(2)16(18(23)19-11-6-12-21(3)4)20-17(22)14-7-9-15(24-5)10-8-14/h7-10,13,16H,6,11-12H2,1-5H3,(H,19,23)(H,20,22). The molecule has 0 aliphatic rings. The molecule has 1 rings (SSSR count). The van der Waals surface area contributed by atoms with Crippen molar-refractivity contribution in [3.8, 4) is 5.75 Å². The fourth-order valence-corrected chi connectivity index (χ4v) is 2.22. The van der Waals surface area contributed by atoms with E-state index in [0.29, 0.717) is 17.9 Å². The number of rotatable bonds is 9. The fraction of sp³-hybridized carbons (Fsp3) is 0.556. The smallest absolute Gasteiger partial charge is 0.251 e. The zero-order valence-electron chi connectivity index (χ0n) is 15.3. The van der Waals surface area contributed by atoms with Crippen molar-refractivity contribution in [3.05, 3.63) is 29.8 Å². The van der Waals surface area contributed by atoms with E-state index in [1.54, 1.807) is 31.4 Å². The topological polar surface area (TPSA) is 70.7 Å². The molecule has 2 N–H and O–H groups in total. The maximum Gasteiger partial charge on any atom is 0.251 e. The third kappa shape index (κ3) is 6.58. The van der Waals surface area contributed by atoms with Crippen LogP contribution in [0.5, 0.6) is 5.75 Å². The summed E-state index contributed by atoms with van der Waals surface area (Å²) in [5.41, 5.74) is 0.502. The van der Waals surface area contributed by atoms with Crippen molar-refractivity contribution in [2.45, 2.75) is 26.3 Å². The van der Waals surface area contributed by atoms with E-state index >= 15 is 0 Å². The second kappa shape index (κ2) is 9.93. The number of carbonyl (C=O) groups is 2. The van der Waals surface area contributed by atoms with Crippen molar-refractivity contribution in [2.24, 2.45) is 5.92 Å². The molecular weight excluding hydrogens is 306 g/mol. The number of amides is 2. The first-order chi connectivity index (χ1) is 11.3. The van der Waals surface area contributed by atoms with Crippen LogP contribution in [-0.2, 0) is 4.79 Å². The van der Waals surface area contributed by atoms with Gasteiger partial charge in [0, 0.05) is 12.1 Å². The van der Waals surface area contributed by atoms with Crippen LogP contribution in [-0.4, -0.2) is 57.1 Å². The van der Waals surface area contributed by atoms with Crippen LogP contribution in [0.4, 0.5) is 0 Å². The van der Waals surface area contributed by atoms with Crippen LogP contribution in [0.2, 0.25) is 0 Å². The minimum Gasteiger partial charge on any atom is -0.497 e. The van der Waals surface area contributed by atoms with Crippen molar-refractivity contribution in [1.82, 2.24) is 15.5 Å². The third-order valence-corrected chi connectivity index (χ3v) is 3.67. The SMILES string of the molecule is COc1ccc(C(=O)NC(C(=O)NCCCN(C)C)C(C)C)cc1. The molecule has 6 nitrogen and oxygen atoms in total. The van der Waals surface area contributed by atoms with Gasteiger partial charge in [0.1, 0.15) is 11.8 Å². The number of hydrogen-bond acceptors (Lipinski definition) is 4. The Hall–Kier alpha value is -2.08. The molecule has 1 unspecified atom stereocenters. The molecule has 0 aliphatic heterocycles. The first-order valence-corrected chi connectivity index (χ1v) is 8.22. The zero-order chi connectivity index (χ0) is 18.1. The highest BCUT2D eigenvalue weighted by Crippen LogP contribution is 2.12. The molecule has 0 bridgehead atoms. The first-order valence-electron chi connectivity index (χ1n) is 8.22. The average Bonchev–Trinajstić information content (AvgIpc) is 2.55. The number of ether oxygens (including phenoxy) is 1. The lowest BCUT2D eigenvalue weighted by molar-refractivity contribution is -0.123. The van der Waals surface area contributed by atoms with Crippen LogP contribution in [0, 0.1) is 5.92 Å². The van der Waals surface area contributed by atoms with Crippen molar-refractivity contribution < 1.29 is 14.3 Å². The van der Waals surface area contributed by atoms with E-state index in [1.807, 2.05) is 27.9 Å². The summed E-state index contributed by atoms with van der Waals surface area (Å²) in [6.07, 6.45) is 0.871. The molecule has 0 saturated carbocycles. The predicted molar refractivity (Wildman–Crippen MR) is 95.3 cm³/mol. The second-order valence-electron chi connectivity index (χ2n) is 6.37. The molecule has 24 heavy (non-hydrogen) atoms. The molecule has 1 aromatic rings. The minimum absolute atomic E-state index is 0.000970. The fourth-order valence-electron chi connectivity index (χ4n) is 2.22. The summed E-state index contributed by atoms with van der Waals surface area (Å²) in [5, 5.41) is 5.71. The lowest BCUT2D eigenvalue weighted by atomic mass is 10.0. The molecule has 0 aromatic heterocycles. The van der Waals surface area contributed by atoms with E-state index in [4.69, 9.17) is 4.74 Å². The summed E-state index contributed by atoms with van der Waals surface area (Å²) in [6, 6.07) is 6.25. The van der Waals surface area contributed by atoms with E-state index in [2.05, 4.69) is 15.5 Å². The molecule has 0 heterocycles. The van der Waals surface area contributed by atoms with Crippen molar-refractivity contribution in [1.29, 1.82) is 0 Å². The van der Waals surface area contributed by atoms with Crippen LogP contribution in [0.25, 0.3) is 0 Å². The highest BCUT2D eigenvalue weighted by atomic mass is 16.5. The normalized spacial score (nSPS) is 12.1. The largest absolute Gasteiger partial charge is 0.497 e. The van der Waals surface area contributed by atoms with Crippen molar-refractivity contribution in [3.63, 3.8) is 0 Å². The minimum atomic E-state index is -0.557. The molecule has 0 radical (unpaired) electrons. The molecular formula is C18H29N3O3. The van der Waals surface area contributed by atoms with Gasteiger partial charge >= 0.3 is 0 Å². The van der Waals surface area contributed by atoms with Gasteiger partial charge < -0.3 is 20.3 Å². The molecule has 0 saturated heterocycles. The van der Waals surface area contributed by atoms with E-state index in [0.717, 1.165) is 13.0 Å². The first kappa shape index (κ1) is 20.0. The maximum absolute atomic E-state index is 12.3. The third-order valence-electron chi connectivity index (χ3n) is 3.67. The zero-order valence-corrected chi connectivity index (χ0v) is 15.3. The number of methoxy groups -OCH3 is 1. The van der Waals surface area contributed by atoms with Crippen molar-refractivity contribution in [2.75, 3.05) is 34.3 Å². The maximum atomic E-state index is 12.3. The Morgan fingerprint density at radius 2 is 1.79 bits per heavy atom. The number of benzene rings is 1. The van der Waals surface area contributed by atoms with Crippen LogP contribution >= 0.6 is 0 Å². The van der Waals surface area contributed by atoms with Gasteiger partial charge in [-0.1, -0.05) is 13.8 Å². The van der Waals surface area contributed by atoms with Gasteiger partial charge in [-0.2, -0.15) is 0 Å². The number of carbonyl (C=O) groups excluding carboxylic acids is 2. The quantitative estimate of drug-likeness (QED) is 0.671. The summed E-state index contributed by atoms with van der Waals surface area (Å²) < 4.78 is 5.08. The van der Waals surface area contributed by atoms with Crippen LogP contribution in [0.3, 0.4) is 0 Å². The Balaban J connectivity index is 2.60. The summed E-state index contributed by atoms with van der Waals surface area (Å²) in [5.74, 6) is 0.275. The van der Waals surface area contributed by atoms with E-state index in [1.165, 1.54) is 0 Å². The summed E-state index contributed by atoms with van der Waals surface area (Å²) in [6.45, 7) is 5.33. The van der Waals surface area contributed by atoms with Gasteiger partial charge in [-0.05, 0) is 57.2 Å². The Labute approximate surface area is 144 Å². The Bertz CT molecular complexity index is 527. The number of hydrogen-bond donors (Lipinski definition) is 2. The van der Waals surface area contributed by atoms with Gasteiger partial charge in [0.05, 0.1) is 7.11 Å².